The standard InChI is InChI=1S/C21H19FN6OS/c1-3-12-6-7-15(22)16(25-12)11-28-21(29)18-14(10-24-28)19-20(27(18)2)26-17(30-19)9-13-5-4-8-23-13/h4-7,10H,3,8-9,11H2,1-2H3. The number of allylic oxidation sites excluding steroid dienone is 1. The fraction of sp³-hybridized carbons (Fsp3) is 0.286. The number of thiazole rings is 1. The SMILES string of the molecule is CCc1ccc(F)c(Cn2ncc3c4sc(CC5=NCC=C5)nc4n(C)c3c2=O)n1. The molecular formula is C21H19FN6OS. The van der Waals surface area contributed by atoms with Crippen LogP contribution >= 0.6 is 11.3 Å². The molecule has 5 heterocycles. The fourth-order valence-corrected chi connectivity index (χ4v) is 4.80. The zero-order valence-electron chi connectivity index (χ0n) is 16.6. The van der Waals surface area contributed by atoms with E-state index in [2.05, 4.69) is 15.1 Å². The molecule has 4 aromatic heterocycles. The lowest BCUT2D eigenvalue weighted by molar-refractivity contribution is 0.557. The monoisotopic (exact) mass is 422 g/mol. The number of fused-ring (bicyclic) bond motifs is 3. The highest BCUT2D eigenvalue weighted by atomic mass is 32.1. The number of hydrogen-bond acceptors (Lipinski definition) is 6. The van der Waals surface area contributed by atoms with Crippen LogP contribution < -0.4 is 5.56 Å². The molecule has 0 aromatic carbocycles. The van der Waals surface area contributed by atoms with Gasteiger partial charge in [-0.2, -0.15) is 5.10 Å². The first-order chi connectivity index (χ1) is 14.5. The van der Waals surface area contributed by atoms with E-state index in [9.17, 15) is 9.18 Å². The van der Waals surface area contributed by atoms with Crippen molar-refractivity contribution in [3.63, 3.8) is 0 Å². The van der Waals surface area contributed by atoms with E-state index in [4.69, 9.17) is 4.98 Å². The second-order valence-electron chi connectivity index (χ2n) is 7.18. The molecule has 0 bridgehead atoms. The Hall–Kier alpha value is -3.20. The molecule has 1 aliphatic rings. The maximum Gasteiger partial charge on any atom is 0.291 e. The van der Waals surface area contributed by atoms with E-state index in [1.54, 1.807) is 28.2 Å². The van der Waals surface area contributed by atoms with Crippen LogP contribution in [0.2, 0.25) is 0 Å². The lowest BCUT2D eigenvalue weighted by Gasteiger charge is -2.07. The average Bonchev–Trinajstić information content (AvgIpc) is 3.45. The molecule has 7 nitrogen and oxygen atoms in total. The van der Waals surface area contributed by atoms with Gasteiger partial charge in [0.25, 0.3) is 5.56 Å². The van der Waals surface area contributed by atoms with Crippen molar-refractivity contribution in [2.75, 3.05) is 6.54 Å². The molecule has 152 valence electrons. The van der Waals surface area contributed by atoms with E-state index in [0.29, 0.717) is 18.4 Å². The third-order valence-electron chi connectivity index (χ3n) is 5.25. The Morgan fingerprint density at radius 1 is 1.27 bits per heavy atom. The highest BCUT2D eigenvalue weighted by molar-refractivity contribution is 7.19. The first kappa shape index (κ1) is 18.8. The van der Waals surface area contributed by atoms with E-state index < -0.39 is 5.82 Å². The van der Waals surface area contributed by atoms with Gasteiger partial charge in [-0.3, -0.25) is 14.8 Å². The Kier molecular flexibility index (Phi) is 4.54. The summed E-state index contributed by atoms with van der Waals surface area (Å²) in [6, 6.07) is 3.04. The lowest BCUT2D eigenvalue weighted by atomic mass is 10.2. The quantitative estimate of drug-likeness (QED) is 0.495. The zero-order chi connectivity index (χ0) is 20.8. The minimum atomic E-state index is -0.441. The minimum Gasteiger partial charge on any atom is -0.323 e. The van der Waals surface area contributed by atoms with Crippen LogP contribution in [0.15, 0.2) is 40.3 Å². The molecule has 5 rings (SSSR count). The molecule has 0 unspecified atom stereocenters. The van der Waals surface area contributed by atoms with Gasteiger partial charge in [0.15, 0.2) is 5.65 Å². The Labute approximate surface area is 175 Å². The van der Waals surface area contributed by atoms with Crippen molar-refractivity contribution >= 4 is 38.3 Å². The molecule has 0 fully saturated rings. The zero-order valence-corrected chi connectivity index (χ0v) is 17.4. The van der Waals surface area contributed by atoms with Crippen molar-refractivity contribution in [3.8, 4) is 0 Å². The number of nitrogens with zero attached hydrogens (tertiary/aromatic N) is 6. The van der Waals surface area contributed by atoms with Crippen LogP contribution in [0.25, 0.3) is 21.3 Å². The third kappa shape index (κ3) is 3.06. The van der Waals surface area contributed by atoms with Crippen molar-refractivity contribution in [2.24, 2.45) is 12.0 Å². The maximum absolute atomic E-state index is 14.2. The number of aryl methyl sites for hydroxylation is 2. The minimum absolute atomic E-state index is 0.0158. The molecule has 0 N–H and O–H groups in total. The number of halogens is 1. The van der Waals surface area contributed by atoms with Gasteiger partial charge >= 0.3 is 0 Å². The van der Waals surface area contributed by atoms with Gasteiger partial charge in [-0.1, -0.05) is 13.0 Å². The summed E-state index contributed by atoms with van der Waals surface area (Å²) in [4.78, 5) is 26.6. The molecule has 1 aliphatic heterocycles. The summed E-state index contributed by atoms with van der Waals surface area (Å²) in [5.41, 5.74) is 2.98. The number of hydrogen-bond donors (Lipinski definition) is 0. The molecule has 0 saturated carbocycles. The van der Waals surface area contributed by atoms with E-state index in [1.165, 1.54) is 10.7 Å². The summed E-state index contributed by atoms with van der Waals surface area (Å²) < 4.78 is 18.2. The molecule has 0 amide bonds. The van der Waals surface area contributed by atoms with Gasteiger partial charge in [0, 0.05) is 30.3 Å². The number of aromatic nitrogens is 5. The Balaban J connectivity index is 1.56. The van der Waals surface area contributed by atoms with Crippen LogP contribution in [0.5, 0.6) is 0 Å². The van der Waals surface area contributed by atoms with Crippen molar-refractivity contribution in [2.45, 2.75) is 26.3 Å². The molecule has 0 spiro atoms. The van der Waals surface area contributed by atoms with Gasteiger partial charge in [0.05, 0.1) is 29.7 Å². The largest absolute Gasteiger partial charge is 0.323 e. The predicted octanol–water partition coefficient (Wildman–Crippen LogP) is 3.04. The van der Waals surface area contributed by atoms with Crippen LogP contribution in [0.4, 0.5) is 4.39 Å². The third-order valence-corrected chi connectivity index (χ3v) is 6.33. The summed E-state index contributed by atoms with van der Waals surface area (Å²) in [5.74, 6) is -0.441. The van der Waals surface area contributed by atoms with Gasteiger partial charge in [0.2, 0.25) is 0 Å². The Morgan fingerprint density at radius 3 is 2.90 bits per heavy atom. The van der Waals surface area contributed by atoms with Gasteiger partial charge < -0.3 is 4.57 Å². The number of rotatable bonds is 5. The molecule has 0 radical (unpaired) electrons. The van der Waals surface area contributed by atoms with Crippen molar-refractivity contribution in [1.29, 1.82) is 0 Å². The molecule has 9 heteroatoms. The van der Waals surface area contributed by atoms with Gasteiger partial charge in [0.1, 0.15) is 16.3 Å². The summed E-state index contributed by atoms with van der Waals surface area (Å²) in [6.07, 6.45) is 7.08. The smallest absolute Gasteiger partial charge is 0.291 e. The van der Waals surface area contributed by atoms with Crippen LogP contribution in [-0.4, -0.2) is 36.6 Å². The van der Waals surface area contributed by atoms with E-state index >= 15 is 0 Å². The molecule has 0 atom stereocenters. The first-order valence-corrected chi connectivity index (χ1v) is 10.5. The molecule has 0 aliphatic carbocycles. The van der Waals surface area contributed by atoms with Crippen molar-refractivity contribution in [3.05, 3.63) is 63.0 Å². The topological polar surface area (TPSA) is 78.0 Å². The summed E-state index contributed by atoms with van der Waals surface area (Å²) in [5, 5.41) is 6.02. The fourth-order valence-electron chi connectivity index (χ4n) is 3.68. The predicted molar refractivity (Wildman–Crippen MR) is 116 cm³/mol. The van der Waals surface area contributed by atoms with Crippen LogP contribution in [-0.2, 0) is 26.4 Å². The molecule has 30 heavy (non-hydrogen) atoms. The van der Waals surface area contributed by atoms with Crippen LogP contribution in [0, 0.1) is 5.82 Å². The van der Waals surface area contributed by atoms with Crippen molar-refractivity contribution < 1.29 is 4.39 Å². The van der Waals surface area contributed by atoms with E-state index in [0.717, 1.165) is 38.7 Å². The Bertz CT molecular complexity index is 1410. The van der Waals surface area contributed by atoms with E-state index in [1.807, 2.05) is 26.1 Å². The molecular weight excluding hydrogens is 403 g/mol. The molecule has 4 aromatic rings. The highest BCUT2D eigenvalue weighted by Gasteiger charge is 2.19. The average molecular weight is 422 g/mol. The molecule has 0 saturated heterocycles. The first-order valence-electron chi connectivity index (χ1n) is 9.73. The van der Waals surface area contributed by atoms with Crippen molar-refractivity contribution in [1.82, 2.24) is 24.3 Å². The van der Waals surface area contributed by atoms with Crippen LogP contribution in [0.1, 0.15) is 23.3 Å². The lowest BCUT2D eigenvalue weighted by Crippen LogP contribution is -2.25. The Morgan fingerprint density at radius 2 is 2.13 bits per heavy atom. The van der Waals surface area contributed by atoms with Crippen LogP contribution in [0.3, 0.4) is 0 Å². The second kappa shape index (κ2) is 7.24. The summed E-state index contributed by atoms with van der Waals surface area (Å²) in [6.45, 7) is 2.66. The van der Waals surface area contributed by atoms with E-state index in [-0.39, 0.29) is 17.8 Å². The van der Waals surface area contributed by atoms with Gasteiger partial charge in [-0.25, -0.2) is 14.1 Å². The van der Waals surface area contributed by atoms with Gasteiger partial charge in [-0.15, -0.1) is 11.3 Å². The maximum atomic E-state index is 14.2. The second-order valence-corrected chi connectivity index (χ2v) is 8.27. The normalized spacial score (nSPS) is 13.6. The number of pyridine rings is 1. The summed E-state index contributed by atoms with van der Waals surface area (Å²) in [7, 11) is 1.82. The van der Waals surface area contributed by atoms with Gasteiger partial charge in [-0.05, 0) is 24.6 Å². The highest BCUT2D eigenvalue weighted by Crippen LogP contribution is 2.31. The number of aliphatic imine (C=N–C) groups is 1. The summed E-state index contributed by atoms with van der Waals surface area (Å²) >= 11 is 1.55.